The fourth-order valence-corrected chi connectivity index (χ4v) is 2.15. The van der Waals surface area contributed by atoms with Gasteiger partial charge in [-0.15, -0.1) is 11.6 Å². The molecule has 0 aliphatic heterocycles. The Kier molecular flexibility index (Phi) is 4.99. The maximum absolute atomic E-state index is 12.3. The summed E-state index contributed by atoms with van der Waals surface area (Å²) < 4.78 is 0. The number of nitrogens with one attached hydrogen (secondary N) is 1. The monoisotopic (exact) mass is 273 g/mol. The van der Waals surface area contributed by atoms with Gasteiger partial charge in [0.25, 0.3) is 0 Å². The zero-order valence-electron chi connectivity index (χ0n) is 10.6. The highest BCUT2D eigenvalue weighted by molar-refractivity contribution is 6.18. The first-order valence-electron chi connectivity index (χ1n) is 6.26. The number of hydrogen-bond acceptors (Lipinski definition) is 1. The van der Waals surface area contributed by atoms with Crippen molar-refractivity contribution in [1.82, 2.24) is 5.32 Å². The topological polar surface area (TPSA) is 29.1 Å². The van der Waals surface area contributed by atoms with E-state index in [-0.39, 0.29) is 11.8 Å². The molecule has 2 rings (SSSR count). The summed E-state index contributed by atoms with van der Waals surface area (Å²) in [6, 6.07) is 19.6. The summed E-state index contributed by atoms with van der Waals surface area (Å²) in [5.41, 5.74) is 1.97. The van der Waals surface area contributed by atoms with Crippen molar-refractivity contribution in [3.8, 4) is 0 Å². The predicted molar refractivity (Wildman–Crippen MR) is 78.5 cm³/mol. The van der Waals surface area contributed by atoms with Gasteiger partial charge in [-0.25, -0.2) is 0 Å². The molecule has 1 N–H and O–H groups in total. The Morgan fingerprint density at radius 2 is 1.42 bits per heavy atom. The molecule has 0 heterocycles. The summed E-state index contributed by atoms with van der Waals surface area (Å²) in [6.45, 7) is 0.483. The van der Waals surface area contributed by atoms with E-state index in [1.54, 1.807) is 0 Å². The number of halogens is 1. The first kappa shape index (κ1) is 13.6. The third-order valence-corrected chi connectivity index (χ3v) is 3.11. The lowest BCUT2D eigenvalue weighted by atomic mass is 9.90. The second-order valence-electron chi connectivity index (χ2n) is 4.23. The van der Waals surface area contributed by atoms with Gasteiger partial charge in [0.05, 0.1) is 5.92 Å². The molecule has 0 aliphatic rings. The molecule has 0 fully saturated rings. The number of hydrogen-bond donors (Lipinski definition) is 1. The van der Waals surface area contributed by atoms with Crippen molar-refractivity contribution in [3.63, 3.8) is 0 Å². The number of carbonyl (C=O) groups is 1. The van der Waals surface area contributed by atoms with Crippen LogP contribution in [0.25, 0.3) is 0 Å². The molecular weight excluding hydrogens is 258 g/mol. The van der Waals surface area contributed by atoms with Gasteiger partial charge in [0.1, 0.15) is 0 Å². The van der Waals surface area contributed by atoms with Crippen LogP contribution >= 0.6 is 11.6 Å². The van der Waals surface area contributed by atoms with Gasteiger partial charge in [0, 0.05) is 12.4 Å². The Hall–Kier alpha value is -1.80. The van der Waals surface area contributed by atoms with Crippen LogP contribution in [0.3, 0.4) is 0 Å². The van der Waals surface area contributed by atoms with Crippen molar-refractivity contribution >= 4 is 17.5 Å². The third-order valence-electron chi connectivity index (χ3n) is 2.92. The molecule has 0 saturated carbocycles. The Morgan fingerprint density at radius 3 is 1.84 bits per heavy atom. The molecule has 0 atom stereocenters. The number of benzene rings is 2. The van der Waals surface area contributed by atoms with E-state index in [4.69, 9.17) is 11.6 Å². The quantitative estimate of drug-likeness (QED) is 0.833. The van der Waals surface area contributed by atoms with E-state index in [1.165, 1.54) is 0 Å². The highest BCUT2D eigenvalue weighted by Crippen LogP contribution is 2.24. The zero-order chi connectivity index (χ0) is 13.5. The smallest absolute Gasteiger partial charge is 0.232 e. The van der Waals surface area contributed by atoms with Crippen LogP contribution in [0.4, 0.5) is 0 Å². The van der Waals surface area contributed by atoms with Gasteiger partial charge in [-0.1, -0.05) is 60.7 Å². The lowest BCUT2D eigenvalue weighted by Crippen LogP contribution is -2.31. The van der Waals surface area contributed by atoms with Gasteiger partial charge >= 0.3 is 0 Å². The molecular formula is C16H16ClNO. The summed E-state index contributed by atoms with van der Waals surface area (Å²) in [5.74, 6) is 0.117. The van der Waals surface area contributed by atoms with Crippen LogP contribution in [0.5, 0.6) is 0 Å². The summed E-state index contributed by atoms with van der Waals surface area (Å²) in [4.78, 5) is 12.3. The summed E-state index contributed by atoms with van der Waals surface area (Å²) >= 11 is 5.63. The Balaban J connectivity index is 2.31. The van der Waals surface area contributed by atoms with Crippen LogP contribution in [-0.4, -0.2) is 18.3 Å². The minimum Gasteiger partial charge on any atom is -0.354 e. The maximum Gasteiger partial charge on any atom is 0.232 e. The normalized spacial score (nSPS) is 10.4. The van der Waals surface area contributed by atoms with Crippen molar-refractivity contribution in [1.29, 1.82) is 0 Å². The number of amides is 1. The molecule has 0 spiro atoms. The van der Waals surface area contributed by atoms with Gasteiger partial charge in [-0.3, -0.25) is 4.79 Å². The molecule has 0 aromatic heterocycles. The first-order chi connectivity index (χ1) is 9.33. The molecule has 0 saturated heterocycles. The van der Waals surface area contributed by atoms with E-state index in [1.807, 2.05) is 60.7 Å². The zero-order valence-corrected chi connectivity index (χ0v) is 11.3. The second-order valence-corrected chi connectivity index (χ2v) is 4.61. The molecule has 2 aromatic carbocycles. The molecule has 2 aromatic rings. The number of rotatable bonds is 5. The van der Waals surface area contributed by atoms with Crippen molar-refractivity contribution in [3.05, 3.63) is 71.8 Å². The minimum absolute atomic E-state index is 0.0157. The fourth-order valence-electron chi connectivity index (χ4n) is 2.06. The van der Waals surface area contributed by atoms with Crippen molar-refractivity contribution in [2.75, 3.05) is 12.4 Å². The lowest BCUT2D eigenvalue weighted by molar-refractivity contribution is -0.121. The largest absolute Gasteiger partial charge is 0.354 e. The molecule has 98 valence electrons. The van der Waals surface area contributed by atoms with Crippen LogP contribution in [-0.2, 0) is 4.79 Å². The van der Waals surface area contributed by atoms with Crippen molar-refractivity contribution in [2.24, 2.45) is 0 Å². The first-order valence-corrected chi connectivity index (χ1v) is 6.80. The molecule has 2 nitrogen and oxygen atoms in total. The SMILES string of the molecule is O=C(NCCCl)C(c1ccccc1)c1ccccc1. The van der Waals surface area contributed by atoms with E-state index >= 15 is 0 Å². The van der Waals surface area contributed by atoms with Crippen molar-refractivity contribution in [2.45, 2.75) is 5.92 Å². The highest BCUT2D eigenvalue weighted by Gasteiger charge is 2.21. The second kappa shape index (κ2) is 6.95. The summed E-state index contributed by atoms with van der Waals surface area (Å²) in [6.07, 6.45) is 0. The molecule has 1 amide bonds. The third kappa shape index (κ3) is 3.58. The standard InChI is InChI=1S/C16H16ClNO/c17-11-12-18-16(19)15(13-7-3-1-4-8-13)14-9-5-2-6-10-14/h1-10,15H,11-12H2,(H,18,19). The minimum atomic E-state index is -0.286. The van der Waals surface area contributed by atoms with Crippen molar-refractivity contribution < 1.29 is 4.79 Å². The maximum atomic E-state index is 12.3. The van der Waals surface area contributed by atoms with E-state index in [9.17, 15) is 4.79 Å². The lowest BCUT2D eigenvalue weighted by Gasteiger charge is -2.17. The number of carbonyl (C=O) groups excluding carboxylic acids is 1. The number of alkyl halides is 1. The predicted octanol–water partition coefficient (Wildman–Crippen LogP) is 3.17. The molecule has 0 aliphatic carbocycles. The summed E-state index contributed by atoms with van der Waals surface area (Å²) in [7, 11) is 0. The molecule has 3 heteroatoms. The summed E-state index contributed by atoms with van der Waals surface area (Å²) in [5, 5.41) is 2.86. The average molecular weight is 274 g/mol. The van der Waals surface area contributed by atoms with Crippen LogP contribution < -0.4 is 5.32 Å². The molecule has 0 unspecified atom stereocenters. The Labute approximate surface area is 118 Å². The van der Waals surface area contributed by atoms with Crippen LogP contribution in [0.2, 0.25) is 0 Å². The van der Waals surface area contributed by atoms with Gasteiger partial charge in [0.15, 0.2) is 0 Å². The Morgan fingerprint density at radius 1 is 0.947 bits per heavy atom. The van der Waals surface area contributed by atoms with Crippen LogP contribution in [0.1, 0.15) is 17.0 Å². The fraction of sp³-hybridized carbons (Fsp3) is 0.188. The van der Waals surface area contributed by atoms with E-state index in [0.29, 0.717) is 12.4 Å². The molecule has 19 heavy (non-hydrogen) atoms. The van der Waals surface area contributed by atoms with Crippen LogP contribution in [0, 0.1) is 0 Å². The van der Waals surface area contributed by atoms with Gasteiger partial charge in [-0.05, 0) is 11.1 Å². The molecule has 0 radical (unpaired) electrons. The average Bonchev–Trinajstić information content (AvgIpc) is 2.47. The van der Waals surface area contributed by atoms with E-state index in [2.05, 4.69) is 5.32 Å². The Bertz CT molecular complexity index is 473. The highest BCUT2D eigenvalue weighted by atomic mass is 35.5. The van der Waals surface area contributed by atoms with Gasteiger partial charge in [0.2, 0.25) is 5.91 Å². The van der Waals surface area contributed by atoms with E-state index in [0.717, 1.165) is 11.1 Å². The van der Waals surface area contributed by atoms with Crippen LogP contribution in [0.15, 0.2) is 60.7 Å². The van der Waals surface area contributed by atoms with E-state index < -0.39 is 0 Å². The van der Waals surface area contributed by atoms with Gasteiger partial charge < -0.3 is 5.32 Å². The van der Waals surface area contributed by atoms with Gasteiger partial charge in [-0.2, -0.15) is 0 Å². The molecule has 0 bridgehead atoms.